The first-order valence-electron chi connectivity index (χ1n) is 3.97. The minimum atomic E-state index is -0.449. The molecule has 0 atom stereocenters. The summed E-state index contributed by atoms with van der Waals surface area (Å²) >= 11 is 10.3. The Morgan fingerprint density at radius 3 is 2.93 bits per heavy atom. The third kappa shape index (κ3) is 1.96. The molecule has 0 spiro atoms. The second-order valence-corrected chi connectivity index (χ2v) is 4.75. The van der Waals surface area contributed by atoms with Crippen LogP contribution >= 0.6 is 39.3 Å². The first-order valence-corrected chi connectivity index (χ1v) is 6.37. The number of thioether (sulfide) groups is 1. The lowest BCUT2D eigenvalue weighted by Crippen LogP contribution is -1.91. The van der Waals surface area contributed by atoms with Crippen molar-refractivity contribution in [3.8, 4) is 0 Å². The van der Waals surface area contributed by atoms with Crippen LogP contribution in [0.15, 0.2) is 21.9 Å². The first kappa shape index (κ1) is 11.1. The lowest BCUT2D eigenvalue weighted by atomic mass is 10.2. The third-order valence-corrected chi connectivity index (χ3v) is 3.73. The molecule has 0 radical (unpaired) electrons. The molecule has 1 aromatic carbocycles. The number of benzene rings is 1. The first-order chi connectivity index (χ1) is 7.13. The molecule has 1 aromatic heterocycles. The van der Waals surface area contributed by atoms with Gasteiger partial charge in [-0.25, -0.2) is 14.4 Å². The summed E-state index contributed by atoms with van der Waals surface area (Å²) in [5.41, 5.74) is 0.283. The summed E-state index contributed by atoms with van der Waals surface area (Å²) in [7, 11) is 0. The van der Waals surface area contributed by atoms with E-state index in [4.69, 9.17) is 11.6 Å². The van der Waals surface area contributed by atoms with Crippen molar-refractivity contribution >= 4 is 50.2 Å². The zero-order valence-electron chi connectivity index (χ0n) is 7.59. The van der Waals surface area contributed by atoms with Crippen molar-refractivity contribution in [2.45, 2.75) is 5.16 Å². The van der Waals surface area contributed by atoms with E-state index < -0.39 is 5.82 Å². The van der Waals surface area contributed by atoms with Crippen LogP contribution in [0.4, 0.5) is 4.39 Å². The minimum Gasteiger partial charge on any atom is -0.230 e. The summed E-state index contributed by atoms with van der Waals surface area (Å²) in [4.78, 5) is 8.13. The quantitative estimate of drug-likeness (QED) is 0.454. The van der Waals surface area contributed by atoms with Crippen LogP contribution < -0.4 is 0 Å². The number of rotatable bonds is 1. The zero-order valence-corrected chi connectivity index (χ0v) is 10.7. The number of halogens is 3. The average molecular weight is 308 g/mol. The van der Waals surface area contributed by atoms with Gasteiger partial charge in [0.15, 0.2) is 11.0 Å². The van der Waals surface area contributed by atoms with Crippen molar-refractivity contribution in [3.63, 3.8) is 0 Å². The van der Waals surface area contributed by atoms with Gasteiger partial charge in [-0.15, -0.1) is 0 Å². The smallest absolute Gasteiger partial charge is 0.187 e. The maximum absolute atomic E-state index is 13.7. The van der Waals surface area contributed by atoms with E-state index >= 15 is 0 Å². The largest absolute Gasteiger partial charge is 0.230 e. The van der Waals surface area contributed by atoms with Crippen LogP contribution in [0.3, 0.4) is 0 Å². The highest BCUT2D eigenvalue weighted by Crippen LogP contribution is 2.31. The second-order valence-electron chi connectivity index (χ2n) is 2.78. The molecule has 0 aliphatic carbocycles. The van der Waals surface area contributed by atoms with E-state index in [0.29, 0.717) is 15.6 Å². The molecular weight excluding hydrogens is 303 g/mol. The summed E-state index contributed by atoms with van der Waals surface area (Å²) in [6, 6.07) is 1.63. The second kappa shape index (κ2) is 4.23. The van der Waals surface area contributed by atoms with Crippen LogP contribution in [0.5, 0.6) is 0 Å². The van der Waals surface area contributed by atoms with Crippen molar-refractivity contribution in [1.29, 1.82) is 0 Å². The van der Waals surface area contributed by atoms with Gasteiger partial charge in [-0.3, -0.25) is 0 Å². The van der Waals surface area contributed by atoms with E-state index in [2.05, 4.69) is 25.9 Å². The van der Waals surface area contributed by atoms with Crippen molar-refractivity contribution in [2.24, 2.45) is 0 Å². The number of aromatic nitrogens is 2. The van der Waals surface area contributed by atoms with Crippen molar-refractivity contribution in [1.82, 2.24) is 9.97 Å². The zero-order chi connectivity index (χ0) is 11.0. The molecule has 0 N–H and O–H groups in total. The van der Waals surface area contributed by atoms with E-state index in [1.807, 2.05) is 6.26 Å². The van der Waals surface area contributed by atoms with Gasteiger partial charge >= 0.3 is 0 Å². The Kier molecular flexibility index (Phi) is 3.13. The number of nitrogens with zero attached hydrogens (tertiary/aromatic N) is 2. The van der Waals surface area contributed by atoms with Gasteiger partial charge in [0.05, 0.1) is 9.50 Å². The van der Waals surface area contributed by atoms with Crippen molar-refractivity contribution in [2.75, 3.05) is 6.26 Å². The van der Waals surface area contributed by atoms with Crippen LogP contribution in [-0.4, -0.2) is 16.2 Å². The predicted octanol–water partition coefficient (Wildman–Crippen LogP) is 3.91. The summed E-state index contributed by atoms with van der Waals surface area (Å²) in [5.74, 6) is -0.449. The van der Waals surface area contributed by atoms with Crippen LogP contribution in [0.1, 0.15) is 0 Å². The van der Waals surface area contributed by atoms with Gasteiger partial charge in [-0.2, -0.15) is 0 Å². The Bertz CT molecular complexity index is 535. The van der Waals surface area contributed by atoms with E-state index in [1.165, 1.54) is 11.8 Å². The Morgan fingerprint density at radius 2 is 2.27 bits per heavy atom. The van der Waals surface area contributed by atoms with E-state index in [-0.39, 0.29) is 9.99 Å². The summed E-state index contributed by atoms with van der Waals surface area (Å²) in [6.07, 6.45) is 3.40. The maximum Gasteiger partial charge on any atom is 0.187 e. The maximum atomic E-state index is 13.7. The molecule has 0 amide bonds. The molecule has 2 nitrogen and oxygen atoms in total. The molecule has 0 aliphatic rings. The molecular formula is C9H5BrClFN2S. The molecule has 2 rings (SSSR count). The molecule has 1 heterocycles. The van der Waals surface area contributed by atoms with Gasteiger partial charge in [-0.1, -0.05) is 23.4 Å². The average Bonchev–Trinajstić information content (AvgIpc) is 2.26. The Balaban J connectivity index is 2.81. The number of fused-ring (bicyclic) bond motifs is 1. The van der Waals surface area contributed by atoms with Gasteiger partial charge in [-0.05, 0) is 28.3 Å². The number of hydrogen-bond donors (Lipinski definition) is 0. The topological polar surface area (TPSA) is 25.8 Å². The third-order valence-electron chi connectivity index (χ3n) is 1.87. The Morgan fingerprint density at radius 1 is 1.53 bits per heavy atom. The van der Waals surface area contributed by atoms with Crippen molar-refractivity contribution in [3.05, 3.63) is 27.6 Å². The van der Waals surface area contributed by atoms with Gasteiger partial charge in [0, 0.05) is 11.6 Å². The molecule has 15 heavy (non-hydrogen) atoms. The van der Waals surface area contributed by atoms with Crippen LogP contribution in [0.25, 0.3) is 10.9 Å². The fourth-order valence-corrected chi connectivity index (χ4v) is 2.01. The van der Waals surface area contributed by atoms with E-state index in [1.54, 1.807) is 12.3 Å². The lowest BCUT2D eigenvalue weighted by Gasteiger charge is -2.03. The van der Waals surface area contributed by atoms with Gasteiger partial charge in [0.1, 0.15) is 5.52 Å². The van der Waals surface area contributed by atoms with Crippen molar-refractivity contribution < 1.29 is 4.39 Å². The molecule has 78 valence electrons. The summed E-state index contributed by atoms with van der Waals surface area (Å²) in [5, 5.41) is 1.45. The Labute approximate surface area is 103 Å². The number of hydrogen-bond acceptors (Lipinski definition) is 3. The molecule has 6 heteroatoms. The van der Waals surface area contributed by atoms with Crippen LogP contribution in [-0.2, 0) is 0 Å². The molecule has 2 aromatic rings. The SMILES string of the molecule is CSc1ncc2cc(Cl)c(Br)c(F)c2n1. The highest BCUT2D eigenvalue weighted by atomic mass is 79.9. The molecule has 0 saturated heterocycles. The lowest BCUT2D eigenvalue weighted by molar-refractivity contribution is 0.628. The Hall–Kier alpha value is -0.390. The van der Waals surface area contributed by atoms with E-state index in [9.17, 15) is 4.39 Å². The normalized spacial score (nSPS) is 10.9. The van der Waals surface area contributed by atoms with Gasteiger partial charge in [0.25, 0.3) is 0 Å². The molecule has 0 bridgehead atoms. The molecule has 0 aliphatic heterocycles. The fourth-order valence-electron chi connectivity index (χ4n) is 1.16. The van der Waals surface area contributed by atoms with Crippen LogP contribution in [0.2, 0.25) is 5.02 Å². The fraction of sp³-hybridized carbons (Fsp3) is 0.111. The molecule has 0 unspecified atom stereocenters. The van der Waals surface area contributed by atoms with Crippen LogP contribution in [0, 0.1) is 5.82 Å². The van der Waals surface area contributed by atoms with Gasteiger partial charge < -0.3 is 0 Å². The highest BCUT2D eigenvalue weighted by molar-refractivity contribution is 9.10. The standard InChI is InChI=1S/C9H5BrClFN2S/c1-15-9-13-3-4-2-5(11)6(10)7(12)8(4)14-9/h2-3H,1H3. The monoisotopic (exact) mass is 306 g/mol. The van der Waals surface area contributed by atoms with Gasteiger partial charge in [0.2, 0.25) is 0 Å². The predicted molar refractivity (Wildman–Crippen MR) is 64.0 cm³/mol. The minimum absolute atomic E-state index is 0.238. The van der Waals surface area contributed by atoms with E-state index in [0.717, 1.165) is 0 Å². The summed E-state index contributed by atoms with van der Waals surface area (Å²) < 4.78 is 14.0. The molecule has 0 fully saturated rings. The summed E-state index contributed by atoms with van der Waals surface area (Å²) in [6.45, 7) is 0. The highest BCUT2D eigenvalue weighted by Gasteiger charge is 2.12. The molecule has 0 saturated carbocycles.